The van der Waals surface area contributed by atoms with E-state index >= 15 is 0 Å². The zero-order chi connectivity index (χ0) is 10.7. The first-order valence-corrected chi connectivity index (χ1v) is 4.41. The number of hydrogen-bond acceptors (Lipinski definition) is 4. The van der Waals surface area contributed by atoms with Crippen molar-refractivity contribution in [1.29, 1.82) is 0 Å². The minimum Gasteiger partial charge on any atom is -0.354 e. The van der Waals surface area contributed by atoms with Crippen LogP contribution in [0.2, 0.25) is 0 Å². The lowest BCUT2D eigenvalue weighted by molar-refractivity contribution is 0.432. The summed E-state index contributed by atoms with van der Waals surface area (Å²) in [5.74, 6) is 0.488. The summed E-state index contributed by atoms with van der Waals surface area (Å²) in [6.45, 7) is 1.97. The maximum Gasteiger partial charge on any atom is 0.240 e. The number of isocyanates is 1. The van der Waals surface area contributed by atoms with E-state index in [9.17, 15) is 4.79 Å². The van der Waals surface area contributed by atoms with Crippen molar-refractivity contribution in [3.63, 3.8) is 0 Å². The lowest BCUT2D eigenvalue weighted by atomic mass is 10.1. The molecular weight excluding hydrogens is 192 g/mol. The number of hydrogen-bond donors (Lipinski definition) is 0. The number of rotatable bonds is 2. The highest BCUT2D eigenvalue weighted by Gasteiger charge is 2.09. The average Bonchev–Trinajstić information content (AvgIpc) is 2.66. The van der Waals surface area contributed by atoms with Crippen molar-refractivity contribution in [2.24, 2.45) is 4.99 Å². The molecular formula is C11H8N2O2. The van der Waals surface area contributed by atoms with E-state index < -0.39 is 0 Å². The summed E-state index contributed by atoms with van der Waals surface area (Å²) in [7, 11) is 0. The summed E-state index contributed by atoms with van der Waals surface area (Å²) in [4.78, 5) is 13.7. The van der Waals surface area contributed by atoms with Gasteiger partial charge in [-0.2, -0.15) is 4.99 Å². The third kappa shape index (κ3) is 1.85. The van der Waals surface area contributed by atoms with E-state index in [4.69, 9.17) is 4.52 Å². The minimum absolute atomic E-state index is 0.399. The molecule has 0 amide bonds. The molecule has 4 nitrogen and oxygen atoms in total. The van der Waals surface area contributed by atoms with Crippen LogP contribution in [-0.2, 0) is 4.79 Å². The molecule has 0 saturated carbocycles. The fraction of sp³-hybridized carbons (Fsp3) is 0.0909. The van der Waals surface area contributed by atoms with Crippen LogP contribution >= 0.6 is 0 Å². The number of nitrogens with zero attached hydrogens (tertiary/aromatic N) is 2. The number of aromatic nitrogens is 1. The molecule has 2 aromatic rings. The first-order valence-electron chi connectivity index (χ1n) is 4.41. The molecule has 1 aromatic carbocycles. The van der Waals surface area contributed by atoms with Crippen LogP contribution in [0, 0.1) is 6.92 Å². The highest BCUT2D eigenvalue weighted by Crippen LogP contribution is 2.29. The number of carbonyl (C=O) groups excluding carboxylic acids is 1. The summed E-state index contributed by atoms with van der Waals surface area (Å²) in [5, 5.41) is 3.60. The predicted molar refractivity (Wildman–Crippen MR) is 54.5 cm³/mol. The summed E-state index contributed by atoms with van der Waals surface area (Å²) >= 11 is 0. The van der Waals surface area contributed by atoms with Gasteiger partial charge in [-0.25, -0.2) is 4.79 Å². The summed E-state index contributed by atoms with van der Waals surface area (Å²) < 4.78 is 5.04. The van der Waals surface area contributed by atoms with Crippen molar-refractivity contribution in [3.8, 4) is 11.3 Å². The van der Waals surface area contributed by atoms with E-state index in [0.717, 1.165) is 11.1 Å². The Morgan fingerprint density at radius 1 is 1.47 bits per heavy atom. The van der Waals surface area contributed by atoms with Crippen LogP contribution in [0.3, 0.4) is 0 Å². The highest BCUT2D eigenvalue weighted by molar-refractivity contribution is 5.71. The molecule has 1 aromatic heterocycles. The van der Waals surface area contributed by atoms with E-state index in [1.165, 1.54) is 12.3 Å². The van der Waals surface area contributed by atoms with Gasteiger partial charge in [0.25, 0.3) is 0 Å². The van der Waals surface area contributed by atoms with Crippen molar-refractivity contribution >= 4 is 11.8 Å². The van der Waals surface area contributed by atoms with Crippen molar-refractivity contribution in [1.82, 2.24) is 5.16 Å². The van der Waals surface area contributed by atoms with Gasteiger partial charge in [0, 0.05) is 5.56 Å². The molecule has 0 aliphatic heterocycles. The van der Waals surface area contributed by atoms with Crippen molar-refractivity contribution in [2.45, 2.75) is 6.92 Å². The van der Waals surface area contributed by atoms with Gasteiger partial charge in [0.15, 0.2) is 5.76 Å². The Bertz CT molecular complexity index is 525. The molecule has 0 aliphatic carbocycles. The van der Waals surface area contributed by atoms with Gasteiger partial charge in [0.1, 0.15) is 5.69 Å². The van der Waals surface area contributed by atoms with Gasteiger partial charge in [0.05, 0.1) is 6.20 Å². The van der Waals surface area contributed by atoms with E-state index in [-0.39, 0.29) is 0 Å². The first kappa shape index (κ1) is 9.37. The maximum atomic E-state index is 10.2. The quantitative estimate of drug-likeness (QED) is 0.553. The third-order valence-electron chi connectivity index (χ3n) is 2.00. The lowest BCUT2D eigenvalue weighted by Crippen LogP contribution is -1.76. The van der Waals surface area contributed by atoms with Crippen LogP contribution < -0.4 is 0 Å². The molecule has 0 bridgehead atoms. The van der Waals surface area contributed by atoms with Gasteiger partial charge in [-0.1, -0.05) is 28.9 Å². The molecule has 1 heterocycles. The van der Waals surface area contributed by atoms with Crippen LogP contribution in [0.25, 0.3) is 11.3 Å². The average molecular weight is 200 g/mol. The number of aryl methyl sites for hydroxylation is 1. The van der Waals surface area contributed by atoms with E-state index in [1.54, 1.807) is 0 Å². The lowest BCUT2D eigenvalue weighted by Gasteiger charge is -1.97. The van der Waals surface area contributed by atoms with Gasteiger partial charge in [-0.3, -0.25) is 0 Å². The SMILES string of the molecule is Cc1cccc(-c2oncc2N=C=O)c1. The fourth-order valence-corrected chi connectivity index (χ4v) is 1.35. The summed E-state index contributed by atoms with van der Waals surface area (Å²) in [6, 6.07) is 7.69. The molecule has 0 N–H and O–H groups in total. The van der Waals surface area contributed by atoms with Gasteiger partial charge >= 0.3 is 0 Å². The van der Waals surface area contributed by atoms with E-state index in [0.29, 0.717) is 11.4 Å². The van der Waals surface area contributed by atoms with E-state index in [1.807, 2.05) is 31.2 Å². The zero-order valence-electron chi connectivity index (χ0n) is 8.10. The van der Waals surface area contributed by atoms with Crippen LogP contribution in [-0.4, -0.2) is 11.2 Å². The second-order valence-corrected chi connectivity index (χ2v) is 3.11. The molecule has 0 atom stereocenters. The normalized spacial score (nSPS) is 9.67. The van der Waals surface area contributed by atoms with Crippen molar-refractivity contribution < 1.29 is 9.32 Å². The Kier molecular flexibility index (Phi) is 2.44. The van der Waals surface area contributed by atoms with Crippen LogP contribution in [0.1, 0.15) is 5.56 Å². The topological polar surface area (TPSA) is 55.5 Å². The minimum atomic E-state index is 0.399. The van der Waals surface area contributed by atoms with Crippen molar-refractivity contribution in [3.05, 3.63) is 36.0 Å². The molecule has 15 heavy (non-hydrogen) atoms. The van der Waals surface area contributed by atoms with Gasteiger partial charge in [-0.15, -0.1) is 0 Å². The molecule has 0 saturated heterocycles. The Morgan fingerprint density at radius 3 is 3.07 bits per heavy atom. The summed E-state index contributed by atoms with van der Waals surface area (Å²) in [6.07, 6.45) is 2.86. The smallest absolute Gasteiger partial charge is 0.240 e. The predicted octanol–water partition coefficient (Wildman–Crippen LogP) is 2.62. The molecule has 0 spiro atoms. The molecule has 0 fully saturated rings. The zero-order valence-corrected chi connectivity index (χ0v) is 8.10. The van der Waals surface area contributed by atoms with Gasteiger partial charge in [0.2, 0.25) is 6.08 Å². The Balaban J connectivity index is 2.53. The highest BCUT2D eigenvalue weighted by atomic mass is 16.5. The maximum absolute atomic E-state index is 10.2. The standard InChI is InChI=1S/C11H8N2O2/c1-8-3-2-4-9(5-8)11-10(12-7-14)6-13-15-11/h2-6H,1H3. The van der Waals surface area contributed by atoms with Crippen LogP contribution in [0.4, 0.5) is 5.69 Å². The van der Waals surface area contributed by atoms with Crippen LogP contribution in [0.15, 0.2) is 40.0 Å². The van der Waals surface area contributed by atoms with Gasteiger partial charge in [-0.05, 0) is 13.0 Å². The first-order chi connectivity index (χ1) is 7.31. The third-order valence-corrected chi connectivity index (χ3v) is 2.00. The number of benzene rings is 1. The molecule has 4 heteroatoms. The fourth-order valence-electron chi connectivity index (χ4n) is 1.35. The number of aliphatic imine (C=N–C) groups is 1. The largest absolute Gasteiger partial charge is 0.354 e. The van der Waals surface area contributed by atoms with Crippen LogP contribution in [0.5, 0.6) is 0 Å². The molecule has 74 valence electrons. The molecule has 0 aliphatic rings. The molecule has 0 unspecified atom stereocenters. The van der Waals surface area contributed by atoms with Crippen molar-refractivity contribution in [2.75, 3.05) is 0 Å². The Hall–Kier alpha value is -2.19. The van der Waals surface area contributed by atoms with E-state index in [2.05, 4.69) is 10.1 Å². The Morgan fingerprint density at radius 2 is 2.33 bits per heavy atom. The molecule has 0 radical (unpaired) electrons. The van der Waals surface area contributed by atoms with Gasteiger partial charge < -0.3 is 4.52 Å². The summed E-state index contributed by atoms with van der Waals surface area (Å²) in [5.41, 5.74) is 2.35. The molecule has 2 rings (SSSR count). The monoisotopic (exact) mass is 200 g/mol. The second-order valence-electron chi connectivity index (χ2n) is 3.11. The Labute approximate surface area is 86.2 Å². The second kappa shape index (κ2) is 3.90.